The Morgan fingerprint density at radius 2 is 2.00 bits per heavy atom. The van der Waals surface area contributed by atoms with Crippen molar-refractivity contribution in [2.24, 2.45) is 5.92 Å². The summed E-state index contributed by atoms with van der Waals surface area (Å²) in [4.78, 5) is 13.5. The third-order valence-corrected chi connectivity index (χ3v) is 2.40. The van der Waals surface area contributed by atoms with Gasteiger partial charge < -0.3 is 10.0 Å². The minimum atomic E-state index is 0.0372. The zero-order valence-corrected chi connectivity index (χ0v) is 10.1. The number of hydrogen-bond donors (Lipinski definition) is 1. The molecule has 1 N–H and O–H groups in total. The molecule has 0 spiro atoms. The van der Waals surface area contributed by atoms with E-state index in [0.717, 1.165) is 6.54 Å². The topological polar surface area (TPSA) is 40.5 Å². The molecule has 0 radical (unpaired) electrons. The van der Waals surface area contributed by atoms with E-state index in [1.165, 1.54) is 0 Å². The van der Waals surface area contributed by atoms with Crippen LogP contribution in [0.3, 0.4) is 0 Å². The van der Waals surface area contributed by atoms with E-state index in [4.69, 9.17) is 0 Å². The fraction of sp³-hybridized carbons (Fsp3) is 0.462. The molecule has 0 heterocycles. The first kappa shape index (κ1) is 12.6. The van der Waals surface area contributed by atoms with E-state index < -0.39 is 0 Å². The highest BCUT2D eigenvalue weighted by molar-refractivity contribution is 5.79. The van der Waals surface area contributed by atoms with Gasteiger partial charge in [-0.05, 0) is 12.0 Å². The zero-order chi connectivity index (χ0) is 12.1. The number of benzene rings is 1. The Bertz CT molecular complexity index is 361. The number of amides is 1. The Morgan fingerprint density at radius 1 is 1.38 bits per heavy atom. The molecule has 0 aliphatic rings. The molecule has 16 heavy (non-hydrogen) atoms. The van der Waals surface area contributed by atoms with E-state index in [0.29, 0.717) is 11.5 Å². The molecule has 0 unspecified atom stereocenters. The van der Waals surface area contributed by atoms with Gasteiger partial charge in [-0.1, -0.05) is 32.0 Å². The molecule has 0 saturated carbocycles. The summed E-state index contributed by atoms with van der Waals surface area (Å²) in [5, 5.41) is 9.55. The standard InChI is InChI=1S/C13H19NO2/c1-10(2)9-14(3)13(16)8-11-6-4-5-7-12(11)15/h4-7,10,15H,8-9H2,1-3H3. The SMILES string of the molecule is CC(C)CN(C)C(=O)Cc1ccccc1O. The van der Waals surface area contributed by atoms with Crippen molar-refractivity contribution in [3.05, 3.63) is 29.8 Å². The Balaban J connectivity index is 2.61. The van der Waals surface area contributed by atoms with Gasteiger partial charge in [0, 0.05) is 19.2 Å². The van der Waals surface area contributed by atoms with Gasteiger partial charge >= 0.3 is 0 Å². The number of nitrogens with zero attached hydrogens (tertiary/aromatic N) is 1. The highest BCUT2D eigenvalue weighted by Crippen LogP contribution is 2.16. The molecule has 0 bridgehead atoms. The van der Waals surface area contributed by atoms with Crippen LogP contribution in [0.25, 0.3) is 0 Å². The molecule has 0 aromatic heterocycles. The number of phenolic OH excluding ortho intramolecular Hbond substituents is 1. The smallest absolute Gasteiger partial charge is 0.226 e. The molecular weight excluding hydrogens is 202 g/mol. The van der Waals surface area contributed by atoms with Crippen molar-refractivity contribution < 1.29 is 9.90 Å². The third kappa shape index (κ3) is 3.57. The fourth-order valence-corrected chi connectivity index (χ4v) is 1.61. The van der Waals surface area contributed by atoms with E-state index in [9.17, 15) is 9.90 Å². The van der Waals surface area contributed by atoms with E-state index in [1.54, 1.807) is 30.1 Å². The van der Waals surface area contributed by atoms with Crippen LogP contribution in [0, 0.1) is 5.92 Å². The van der Waals surface area contributed by atoms with Gasteiger partial charge in [-0.2, -0.15) is 0 Å². The largest absolute Gasteiger partial charge is 0.508 e. The maximum absolute atomic E-state index is 11.8. The lowest BCUT2D eigenvalue weighted by Crippen LogP contribution is -2.31. The van der Waals surface area contributed by atoms with Crippen LogP contribution in [0.5, 0.6) is 5.75 Å². The van der Waals surface area contributed by atoms with Crippen LogP contribution in [0.4, 0.5) is 0 Å². The van der Waals surface area contributed by atoms with Crippen molar-refractivity contribution in [1.29, 1.82) is 0 Å². The van der Waals surface area contributed by atoms with Crippen LogP contribution in [-0.2, 0) is 11.2 Å². The molecule has 1 amide bonds. The number of carbonyl (C=O) groups is 1. The van der Waals surface area contributed by atoms with E-state index in [-0.39, 0.29) is 18.1 Å². The monoisotopic (exact) mass is 221 g/mol. The second kappa shape index (κ2) is 5.54. The first-order valence-electron chi connectivity index (χ1n) is 5.51. The van der Waals surface area contributed by atoms with Gasteiger partial charge in [0.2, 0.25) is 5.91 Å². The minimum Gasteiger partial charge on any atom is -0.508 e. The predicted octanol–water partition coefficient (Wildman–Crippen LogP) is 2.05. The van der Waals surface area contributed by atoms with Crippen molar-refractivity contribution in [2.45, 2.75) is 20.3 Å². The molecule has 0 aliphatic carbocycles. The molecular formula is C13H19NO2. The van der Waals surface area contributed by atoms with Gasteiger partial charge in [0.25, 0.3) is 0 Å². The summed E-state index contributed by atoms with van der Waals surface area (Å²) in [6.07, 6.45) is 0.260. The number of likely N-dealkylation sites (N-methyl/N-ethyl adjacent to an activating group) is 1. The van der Waals surface area contributed by atoms with Crippen molar-refractivity contribution in [2.75, 3.05) is 13.6 Å². The summed E-state index contributed by atoms with van der Waals surface area (Å²) in [6.45, 7) is 4.89. The second-order valence-electron chi connectivity index (χ2n) is 4.47. The van der Waals surface area contributed by atoms with Crippen molar-refractivity contribution in [3.63, 3.8) is 0 Å². The molecule has 0 saturated heterocycles. The zero-order valence-electron chi connectivity index (χ0n) is 10.1. The quantitative estimate of drug-likeness (QED) is 0.845. The number of carbonyl (C=O) groups excluding carboxylic acids is 1. The first-order chi connectivity index (χ1) is 7.50. The lowest BCUT2D eigenvalue weighted by molar-refractivity contribution is -0.129. The predicted molar refractivity (Wildman–Crippen MR) is 64.3 cm³/mol. The maximum atomic E-state index is 11.8. The molecule has 0 aliphatic heterocycles. The molecule has 3 heteroatoms. The van der Waals surface area contributed by atoms with Crippen LogP contribution in [-0.4, -0.2) is 29.5 Å². The number of phenols is 1. The van der Waals surface area contributed by atoms with Crippen LogP contribution < -0.4 is 0 Å². The number of hydrogen-bond acceptors (Lipinski definition) is 2. The summed E-state index contributed by atoms with van der Waals surface area (Å²) in [6, 6.07) is 6.95. The summed E-state index contributed by atoms with van der Waals surface area (Å²) in [5.74, 6) is 0.683. The summed E-state index contributed by atoms with van der Waals surface area (Å²) in [7, 11) is 1.79. The van der Waals surface area contributed by atoms with Crippen molar-refractivity contribution in [1.82, 2.24) is 4.90 Å². The first-order valence-corrected chi connectivity index (χ1v) is 5.51. The van der Waals surface area contributed by atoms with Gasteiger partial charge in [-0.25, -0.2) is 0 Å². The van der Waals surface area contributed by atoms with E-state index in [2.05, 4.69) is 13.8 Å². The molecule has 1 aromatic carbocycles. The average Bonchev–Trinajstić information content (AvgIpc) is 2.20. The lowest BCUT2D eigenvalue weighted by Gasteiger charge is -2.19. The van der Waals surface area contributed by atoms with Gasteiger partial charge in [0.05, 0.1) is 6.42 Å². The van der Waals surface area contributed by atoms with Crippen LogP contribution in [0.1, 0.15) is 19.4 Å². The number of para-hydroxylation sites is 1. The lowest BCUT2D eigenvalue weighted by atomic mass is 10.1. The molecule has 0 atom stereocenters. The van der Waals surface area contributed by atoms with Gasteiger partial charge in [0.15, 0.2) is 0 Å². The maximum Gasteiger partial charge on any atom is 0.226 e. The van der Waals surface area contributed by atoms with Crippen LogP contribution >= 0.6 is 0 Å². The van der Waals surface area contributed by atoms with E-state index >= 15 is 0 Å². The normalized spacial score (nSPS) is 10.5. The van der Waals surface area contributed by atoms with Crippen molar-refractivity contribution in [3.8, 4) is 5.75 Å². The summed E-state index contributed by atoms with van der Waals surface area (Å²) >= 11 is 0. The van der Waals surface area contributed by atoms with Gasteiger partial charge in [0.1, 0.15) is 5.75 Å². The minimum absolute atomic E-state index is 0.0372. The Labute approximate surface area is 96.7 Å². The molecule has 1 aromatic rings. The molecule has 1 rings (SSSR count). The Morgan fingerprint density at radius 3 is 2.56 bits per heavy atom. The van der Waals surface area contributed by atoms with Gasteiger partial charge in [-0.15, -0.1) is 0 Å². The third-order valence-electron chi connectivity index (χ3n) is 2.40. The van der Waals surface area contributed by atoms with Crippen LogP contribution in [0.15, 0.2) is 24.3 Å². The summed E-state index contributed by atoms with van der Waals surface area (Å²) < 4.78 is 0. The Kier molecular flexibility index (Phi) is 4.35. The van der Waals surface area contributed by atoms with E-state index in [1.807, 2.05) is 6.07 Å². The fourth-order valence-electron chi connectivity index (χ4n) is 1.61. The molecule has 3 nitrogen and oxygen atoms in total. The molecule has 0 fully saturated rings. The summed E-state index contributed by atoms with van der Waals surface area (Å²) in [5.41, 5.74) is 0.683. The second-order valence-corrected chi connectivity index (χ2v) is 4.47. The average molecular weight is 221 g/mol. The molecule has 88 valence electrons. The van der Waals surface area contributed by atoms with Gasteiger partial charge in [-0.3, -0.25) is 4.79 Å². The highest BCUT2D eigenvalue weighted by atomic mass is 16.3. The Hall–Kier alpha value is -1.51. The van der Waals surface area contributed by atoms with Crippen molar-refractivity contribution >= 4 is 5.91 Å². The van der Waals surface area contributed by atoms with Crippen LogP contribution in [0.2, 0.25) is 0 Å². The number of rotatable bonds is 4. The number of aromatic hydroxyl groups is 1. The highest BCUT2D eigenvalue weighted by Gasteiger charge is 2.12.